The highest BCUT2D eigenvalue weighted by Crippen LogP contribution is 2.41. The topological polar surface area (TPSA) is 175 Å². The number of alkyl carbamates (subject to hydrolysis) is 2. The zero-order valence-corrected chi connectivity index (χ0v) is 33.4. The SMILES string of the molecule is CC[C@@H]1CCN(C(=O)[C@H](C)NC(=O)OC)[C@@H]1c1nc2ccc(-c3ccc4c(c3)sc3cc(-c5cnc([C@@H]6CCCN6C(=O)[C@H](C)NC(=O)OC)[nH]5)ccc34)cc2[nH]1. The molecule has 0 bridgehead atoms. The van der Waals surface area contributed by atoms with E-state index in [1.54, 1.807) is 30.1 Å². The summed E-state index contributed by atoms with van der Waals surface area (Å²) in [5.74, 6) is 1.39. The second-order valence-corrected chi connectivity index (χ2v) is 16.0. The van der Waals surface area contributed by atoms with Crippen molar-refractivity contribution in [3.8, 4) is 22.4 Å². The third kappa shape index (κ3) is 7.16. The lowest BCUT2D eigenvalue weighted by Crippen LogP contribution is -2.47. The van der Waals surface area contributed by atoms with E-state index in [4.69, 9.17) is 14.7 Å². The number of amides is 4. The number of ether oxygens (including phenoxy) is 2. The number of benzene rings is 3. The minimum atomic E-state index is -0.721. The van der Waals surface area contributed by atoms with Crippen LogP contribution in [0.25, 0.3) is 53.6 Å². The second kappa shape index (κ2) is 15.5. The number of hydrogen-bond acceptors (Lipinski definition) is 9. The van der Waals surface area contributed by atoms with Crippen LogP contribution in [-0.2, 0) is 19.1 Å². The maximum Gasteiger partial charge on any atom is 0.407 e. The molecule has 2 saturated heterocycles. The van der Waals surface area contributed by atoms with Gasteiger partial charge in [-0.25, -0.2) is 19.6 Å². The van der Waals surface area contributed by atoms with Gasteiger partial charge in [0.25, 0.3) is 0 Å². The van der Waals surface area contributed by atoms with E-state index >= 15 is 0 Å². The van der Waals surface area contributed by atoms with Crippen LogP contribution in [0.4, 0.5) is 9.59 Å². The molecule has 2 aliphatic rings. The summed E-state index contributed by atoms with van der Waals surface area (Å²) >= 11 is 1.74. The molecular weight excluding hydrogens is 745 g/mol. The number of likely N-dealkylation sites (tertiary alicyclic amines) is 2. The van der Waals surface area contributed by atoms with E-state index < -0.39 is 24.3 Å². The Morgan fingerprint density at radius 1 is 0.807 bits per heavy atom. The largest absolute Gasteiger partial charge is 0.453 e. The normalized spacial score (nSPS) is 19.3. The van der Waals surface area contributed by atoms with E-state index in [2.05, 4.69) is 80.8 Å². The van der Waals surface area contributed by atoms with Gasteiger partial charge in [-0.1, -0.05) is 43.7 Å². The number of H-pyrrole nitrogens is 2. The molecule has 0 saturated carbocycles. The summed E-state index contributed by atoms with van der Waals surface area (Å²) in [7, 11) is 2.56. The molecule has 6 aromatic rings. The van der Waals surface area contributed by atoms with Crippen LogP contribution in [-0.4, -0.2) is 93.1 Å². The molecule has 0 unspecified atom stereocenters. The highest BCUT2D eigenvalue weighted by molar-refractivity contribution is 7.25. The summed E-state index contributed by atoms with van der Waals surface area (Å²) in [6.07, 6.45) is 3.94. The molecule has 3 aromatic carbocycles. The summed E-state index contributed by atoms with van der Waals surface area (Å²) in [4.78, 5) is 70.5. The first-order valence-electron chi connectivity index (χ1n) is 19.4. The lowest BCUT2D eigenvalue weighted by atomic mass is 9.97. The average Bonchev–Trinajstić information content (AvgIpc) is 4.07. The van der Waals surface area contributed by atoms with Gasteiger partial charge in [-0.2, -0.15) is 0 Å². The van der Waals surface area contributed by atoms with E-state index in [1.807, 2.05) is 17.2 Å². The molecule has 0 spiro atoms. The maximum atomic E-state index is 13.5. The van der Waals surface area contributed by atoms with Crippen molar-refractivity contribution in [3.63, 3.8) is 0 Å². The molecule has 8 rings (SSSR count). The summed E-state index contributed by atoms with van der Waals surface area (Å²) in [5, 5.41) is 7.54. The fourth-order valence-electron chi connectivity index (χ4n) is 8.43. The zero-order chi connectivity index (χ0) is 40.0. The molecule has 5 atom stereocenters. The molecule has 2 aliphatic heterocycles. The molecule has 4 N–H and O–H groups in total. The molecule has 3 aromatic heterocycles. The lowest BCUT2D eigenvalue weighted by Gasteiger charge is -2.28. The number of carbonyl (C=O) groups is 4. The number of aromatic nitrogens is 4. The Morgan fingerprint density at radius 3 is 2.12 bits per heavy atom. The Morgan fingerprint density at radius 2 is 1.44 bits per heavy atom. The summed E-state index contributed by atoms with van der Waals surface area (Å²) in [5.41, 5.74) is 5.75. The van der Waals surface area contributed by atoms with Crippen molar-refractivity contribution < 1.29 is 28.7 Å². The monoisotopic (exact) mass is 790 g/mol. The van der Waals surface area contributed by atoms with Gasteiger partial charge in [0.05, 0.1) is 49.2 Å². The van der Waals surface area contributed by atoms with Crippen molar-refractivity contribution in [3.05, 3.63) is 72.4 Å². The Hall–Kier alpha value is -5.96. The van der Waals surface area contributed by atoms with Crippen LogP contribution in [0.2, 0.25) is 0 Å². The molecule has 14 nitrogen and oxygen atoms in total. The molecule has 4 amide bonds. The number of methoxy groups -OCH3 is 2. The number of rotatable bonds is 9. The lowest BCUT2D eigenvalue weighted by molar-refractivity contribution is -0.134. The van der Waals surface area contributed by atoms with Crippen LogP contribution >= 0.6 is 11.3 Å². The number of aromatic amines is 2. The second-order valence-electron chi connectivity index (χ2n) is 14.9. The number of imidazole rings is 2. The summed E-state index contributed by atoms with van der Waals surface area (Å²) in [6.45, 7) is 6.66. The molecule has 0 aliphatic carbocycles. The zero-order valence-electron chi connectivity index (χ0n) is 32.5. The first-order valence-corrected chi connectivity index (χ1v) is 20.2. The molecule has 0 radical (unpaired) electrons. The minimum Gasteiger partial charge on any atom is -0.453 e. The van der Waals surface area contributed by atoms with E-state index in [0.717, 1.165) is 75.4 Å². The van der Waals surface area contributed by atoms with Crippen LogP contribution in [0, 0.1) is 5.92 Å². The first kappa shape index (κ1) is 37.9. The number of thiophene rings is 1. The van der Waals surface area contributed by atoms with Gasteiger partial charge in [-0.05, 0) is 74.4 Å². The predicted octanol–water partition coefficient (Wildman–Crippen LogP) is 7.44. The fraction of sp³-hybridized carbons (Fsp3) is 0.381. The minimum absolute atomic E-state index is 0.160. The van der Waals surface area contributed by atoms with Crippen molar-refractivity contribution >= 4 is 66.5 Å². The van der Waals surface area contributed by atoms with Crippen molar-refractivity contribution in [1.82, 2.24) is 40.4 Å². The smallest absolute Gasteiger partial charge is 0.407 e. The van der Waals surface area contributed by atoms with E-state index in [1.165, 1.54) is 29.7 Å². The molecular formula is C42H46N8O6S. The Bertz CT molecular complexity index is 2510. The fourth-order valence-corrected chi connectivity index (χ4v) is 9.62. The van der Waals surface area contributed by atoms with Gasteiger partial charge in [0, 0.05) is 38.8 Å². The third-order valence-electron chi connectivity index (χ3n) is 11.5. The molecule has 296 valence electrons. The number of fused-ring (bicyclic) bond motifs is 4. The first-order chi connectivity index (χ1) is 27.6. The van der Waals surface area contributed by atoms with Gasteiger partial charge in [0.1, 0.15) is 23.7 Å². The number of nitrogens with zero attached hydrogens (tertiary/aromatic N) is 4. The molecule has 57 heavy (non-hydrogen) atoms. The Kier molecular flexibility index (Phi) is 10.3. The standard InChI is InChI=1S/C42H46N8O6S/c1-6-24-15-17-50(40(52)23(3)45-42(54)56-5)36(24)38-46-30-14-11-25(18-31(30)47-38)26-9-12-28-29-13-10-27(20-35(29)57-34(28)19-26)32-21-43-37(48-32)33-8-7-16-49(33)39(51)22(2)44-41(53)55-4/h9-14,18-24,33,36H,6-8,15-17H2,1-5H3,(H,43,48)(H,44,53)(H,45,54)(H,46,47)/t22-,23-,24+,33-,36-/m0/s1. The van der Waals surface area contributed by atoms with Crippen molar-refractivity contribution in [2.45, 2.75) is 70.6 Å². The number of carbonyl (C=O) groups excluding carboxylic acids is 4. The van der Waals surface area contributed by atoms with Crippen LogP contribution in [0.5, 0.6) is 0 Å². The quantitative estimate of drug-likeness (QED) is 0.117. The summed E-state index contributed by atoms with van der Waals surface area (Å²) in [6, 6.07) is 17.4. The average molecular weight is 791 g/mol. The molecule has 2 fully saturated rings. The highest BCUT2D eigenvalue weighted by Gasteiger charge is 2.41. The van der Waals surface area contributed by atoms with Gasteiger partial charge in [-0.15, -0.1) is 11.3 Å². The van der Waals surface area contributed by atoms with Gasteiger partial charge >= 0.3 is 12.2 Å². The predicted molar refractivity (Wildman–Crippen MR) is 219 cm³/mol. The number of nitrogens with one attached hydrogen (secondary N) is 4. The van der Waals surface area contributed by atoms with Gasteiger partial charge in [-0.3, -0.25) is 9.59 Å². The van der Waals surface area contributed by atoms with Crippen LogP contribution in [0.3, 0.4) is 0 Å². The maximum absolute atomic E-state index is 13.5. The van der Waals surface area contributed by atoms with E-state index in [9.17, 15) is 19.2 Å². The van der Waals surface area contributed by atoms with Gasteiger partial charge < -0.3 is 39.9 Å². The van der Waals surface area contributed by atoms with Gasteiger partial charge in [0.15, 0.2) is 0 Å². The third-order valence-corrected chi connectivity index (χ3v) is 12.6. The Labute approximate surface area is 333 Å². The van der Waals surface area contributed by atoms with Crippen LogP contribution in [0.15, 0.2) is 60.8 Å². The van der Waals surface area contributed by atoms with Crippen molar-refractivity contribution in [2.75, 3.05) is 27.3 Å². The van der Waals surface area contributed by atoms with Crippen LogP contribution in [0.1, 0.15) is 70.2 Å². The molecule has 5 heterocycles. The highest BCUT2D eigenvalue weighted by atomic mass is 32.1. The van der Waals surface area contributed by atoms with E-state index in [0.29, 0.717) is 13.1 Å². The van der Waals surface area contributed by atoms with Crippen LogP contribution < -0.4 is 10.6 Å². The molecule has 15 heteroatoms. The van der Waals surface area contributed by atoms with E-state index in [-0.39, 0.29) is 29.8 Å². The van der Waals surface area contributed by atoms with Crippen molar-refractivity contribution in [2.24, 2.45) is 5.92 Å². The summed E-state index contributed by atoms with van der Waals surface area (Å²) < 4.78 is 11.7. The Balaban J connectivity index is 1.02. The number of hydrogen-bond donors (Lipinski definition) is 4. The van der Waals surface area contributed by atoms with Crippen molar-refractivity contribution in [1.29, 1.82) is 0 Å². The van der Waals surface area contributed by atoms with Gasteiger partial charge in [0.2, 0.25) is 11.8 Å².